The first-order valence-corrected chi connectivity index (χ1v) is 14.4. The molecule has 14 heteroatoms. The number of rotatable bonds is 8. The van der Waals surface area contributed by atoms with Crippen LogP contribution in [0.5, 0.6) is 0 Å². The zero-order valence-corrected chi connectivity index (χ0v) is 25.5. The minimum Gasteiger partial charge on any atom is -0.463 e. The number of carbonyl (C=O) groups is 4. The molecule has 0 amide bonds. The van der Waals surface area contributed by atoms with Crippen molar-refractivity contribution in [3.63, 3.8) is 0 Å². The van der Waals surface area contributed by atoms with E-state index in [0.29, 0.717) is 5.56 Å². The van der Waals surface area contributed by atoms with Crippen LogP contribution in [-0.4, -0.2) is 65.3 Å². The van der Waals surface area contributed by atoms with E-state index in [1.165, 1.54) is 0 Å². The summed E-state index contributed by atoms with van der Waals surface area (Å²) in [6.45, 7) is 4.09. The van der Waals surface area contributed by atoms with Gasteiger partial charge in [0, 0.05) is 33.3 Å². The van der Waals surface area contributed by atoms with Gasteiger partial charge in [0.1, 0.15) is 41.3 Å². The zero-order valence-electron chi connectivity index (χ0n) is 24.6. The van der Waals surface area contributed by atoms with Crippen LogP contribution < -0.4 is 5.73 Å². The predicted octanol–water partition coefficient (Wildman–Crippen LogP) is 3.40. The van der Waals surface area contributed by atoms with Gasteiger partial charge in [-0.05, 0) is 22.4 Å². The Labute approximate surface area is 262 Å². The number of pyridine rings is 1. The van der Waals surface area contributed by atoms with E-state index < -0.39 is 60.3 Å². The lowest BCUT2D eigenvalue weighted by atomic mass is 9.95. The zero-order chi connectivity index (χ0) is 32.8. The number of nitriles is 2. The fraction of sp³-hybridized carbons (Fsp3) is 0.323. The van der Waals surface area contributed by atoms with E-state index in [2.05, 4.69) is 11.1 Å². The Morgan fingerprint density at radius 2 is 1.44 bits per heavy atom. The van der Waals surface area contributed by atoms with Gasteiger partial charge >= 0.3 is 23.9 Å². The highest BCUT2D eigenvalue weighted by atomic mass is 32.2. The summed E-state index contributed by atoms with van der Waals surface area (Å²) in [5.41, 5.74) is 5.69. The number of esters is 4. The lowest BCUT2D eigenvalue weighted by Gasteiger charge is -2.44. The summed E-state index contributed by atoms with van der Waals surface area (Å²) in [4.78, 5) is 52.4. The van der Waals surface area contributed by atoms with E-state index in [0.717, 1.165) is 50.2 Å². The monoisotopic (exact) mass is 632 g/mol. The maximum absolute atomic E-state index is 12.2. The van der Waals surface area contributed by atoms with Crippen LogP contribution in [0.3, 0.4) is 0 Å². The maximum atomic E-state index is 12.2. The first kappa shape index (κ1) is 32.7. The topological polar surface area (TPSA) is 201 Å². The molecule has 0 aliphatic carbocycles. The average Bonchev–Trinajstić information content (AvgIpc) is 2.97. The van der Waals surface area contributed by atoms with Crippen LogP contribution in [0.25, 0.3) is 21.9 Å². The SMILES string of the molecule is CC(=O)OC[C@H]1O[C@@H](Sc2nc(N)c(C#N)c(-c3ccc4ccccc4c3)c2C#N)[C@H](OC(C)=O)[C@@H](OC(C)=O)[C@H]1OC(C)=O. The molecule has 0 saturated carbocycles. The Kier molecular flexibility index (Phi) is 10.2. The van der Waals surface area contributed by atoms with Crippen molar-refractivity contribution in [1.29, 1.82) is 10.5 Å². The van der Waals surface area contributed by atoms with E-state index in [4.69, 9.17) is 29.4 Å². The van der Waals surface area contributed by atoms with E-state index in [1.807, 2.05) is 42.5 Å². The predicted molar refractivity (Wildman–Crippen MR) is 159 cm³/mol. The molecule has 0 radical (unpaired) electrons. The van der Waals surface area contributed by atoms with Crippen molar-refractivity contribution < 1.29 is 42.9 Å². The summed E-state index contributed by atoms with van der Waals surface area (Å²) in [6.07, 6.45) is -5.37. The molecular weight excluding hydrogens is 604 g/mol. The van der Waals surface area contributed by atoms with Gasteiger partial charge in [0.2, 0.25) is 0 Å². The van der Waals surface area contributed by atoms with Crippen LogP contribution in [0.1, 0.15) is 38.8 Å². The quantitative estimate of drug-likeness (QED) is 0.280. The second kappa shape index (κ2) is 14.1. The number of nitrogen functional groups attached to an aromatic ring is 1. The molecule has 0 unspecified atom stereocenters. The number of nitrogens with two attached hydrogens (primary N) is 1. The van der Waals surface area contributed by atoms with Crippen LogP contribution in [0.2, 0.25) is 0 Å². The molecular formula is C31H28N4O9S. The number of carbonyl (C=O) groups excluding carboxylic acids is 4. The Balaban J connectivity index is 1.87. The van der Waals surface area contributed by atoms with Crippen LogP contribution in [0.15, 0.2) is 47.5 Å². The summed E-state index contributed by atoms with van der Waals surface area (Å²) in [5.74, 6) is -3.18. The second-order valence-corrected chi connectivity index (χ2v) is 11.0. The minimum atomic E-state index is -1.41. The molecule has 5 atom stereocenters. The number of nitrogens with zero attached hydrogens (tertiary/aromatic N) is 3. The molecule has 1 fully saturated rings. The van der Waals surface area contributed by atoms with E-state index in [-0.39, 0.29) is 27.5 Å². The van der Waals surface area contributed by atoms with Gasteiger partial charge in [-0.15, -0.1) is 0 Å². The van der Waals surface area contributed by atoms with Gasteiger partial charge < -0.3 is 29.4 Å². The molecule has 1 saturated heterocycles. The number of anilines is 1. The number of benzene rings is 2. The van der Waals surface area contributed by atoms with Gasteiger partial charge in [0.15, 0.2) is 23.7 Å². The Bertz CT molecular complexity index is 1750. The minimum absolute atomic E-state index is 0.0121. The Morgan fingerprint density at radius 1 is 0.844 bits per heavy atom. The van der Waals surface area contributed by atoms with Crippen molar-refractivity contribution in [2.24, 2.45) is 0 Å². The van der Waals surface area contributed by atoms with E-state index in [9.17, 15) is 29.7 Å². The van der Waals surface area contributed by atoms with Gasteiger partial charge in [-0.3, -0.25) is 19.2 Å². The lowest BCUT2D eigenvalue weighted by molar-refractivity contribution is -0.237. The molecule has 1 aromatic heterocycles. The van der Waals surface area contributed by atoms with Gasteiger partial charge in [-0.25, -0.2) is 4.98 Å². The average molecular weight is 633 g/mol. The molecule has 4 rings (SSSR count). The third-order valence-corrected chi connectivity index (χ3v) is 7.76. The molecule has 13 nitrogen and oxygen atoms in total. The molecule has 0 spiro atoms. The maximum Gasteiger partial charge on any atom is 0.303 e. The summed E-state index contributed by atoms with van der Waals surface area (Å²) in [7, 11) is 0. The molecule has 0 bridgehead atoms. The lowest BCUT2D eigenvalue weighted by Crippen LogP contribution is -2.61. The summed E-state index contributed by atoms with van der Waals surface area (Å²) >= 11 is 0.807. The highest BCUT2D eigenvalue weighted by molar-refractivity contribution is 7.99. The van der Waals surface area contributed by atoms with Gasteiger partial charge in [0.05, 0.1) is 5.56 Å². The number of hydrogen-bond acceptors (Lipinski definition) is 14. The smallest absolute Gasteiger partial charge is 0.303 e. The Hall–Kier alpha value is -5.18. The first-order chi connectivity index (χ1) is 21.4. The summed E-state index contributed by atoms with van der Waals surface area (Å²) in [6, 6.07) is 17.1. The van der Waals surface area contributed by atoms with Crippen LogP contribution in [-0.2, 0) is 42.9 Å². The first-order valence-electron chi connectivity index (χ1n) is 13.5. The number of hydrogen-bond donors (Lipinski definition) is 1. The van der Waals surface area contributed by atoms with Crippen molar-refractivity contribution in [3.05, 3.63) is 53.6 Å². The van der Waals surface area contributed by atoms with Crippen molar-refractivity contribution >= 4 is 52.2 Å². The van der Waals surface area contributed by atoms with Crippen molar-refractivity contribution in [2.45, 2.75) is 62.6 Å². The van der Waals surface area contributed by atoms with Crippen LogP contribution in [0.4, 0.5) is 5.82 Å². The van der Waals surface area contributed by atoms with Crippen LogP contribution in [0, 0.1) is 22.7 Å². The molecule has 1 aliphatic heterocycles. The van der Waals surface area contributed by atoms with Crippen molar-refractivity contribution in [3.8, 4) is 23.3 Å². The fourth-order valence-corrected chi connectivity index (χ4v) is 6.09. The summed E-state index contributed by atoms with van der Waals surface area (Å²) in [5, 5.41) is 22.2. The van der Waals surface area contributed by atoms with Crippen LogP contribution >= 0.6 is 11.8 Å². The molecule has 45 heavy (non-hydrogen) atoms. The number of ether oxygens (including phenoxy) is 5. The van der Waals surface area contributed by atoms with Crippen molar-refractivity contribution in [2.75, 3.05) is 12.3 Å². The largest absolute Gasteiger partial charge is 0.463 e. The highest BCUT2D eigenvalue weighted by Crippen LogP contribution is 2.42. The fourth-order valence-electron chi connectivity index (χ4n) is 4.91. The van der Waals surface area contributed by atoms with E-state index >= 15 is 0 Å². The van der Waals surface area contributed by atoms with Gasteiger partial charge in [-0.2, -0.15) is 10.5 Å². The molecule has 2 aromatic carbocycles. The van der Waals surface area contributed by atoms with Gasteiger partial charge in [-0.1, -0.05) is 48.2 Å². The third-order valence-electron chi connectivity index (χ3n) is 6.63. The molecule has 1 aliphatic rings. The van der Waals surface area contributed by atoms with Crippen molar-refractivity contribution in [1.82, 2.24) is 4.98 Å². The molecule has 3 aromatic rings. The molecule has 232 valence electrons. The number of aromatic nitrogens is 1. The van der Waals surface area contributed by atoms with E-state index in [1.54, 1.807) is 6.07 Å². The number of thioether (sulfide) groups is 1. The number of fused-ring (bicyclic) bond motifs is 1. The summed E-state index contributed by atoms with van der Waals surface area (Å²) < 4.78 is 27.7. The molecule has 2 heterocycles. The second-order valence-electron chi connectivity index (χ2n) is 9.90. The normalized spacial score (nSPS) is 20.7. The standard InChI is InChI=1S/C31H28N4O9S/c1-15(36)40-14-24-26(41-16(2)37)27(42-17(3)38)28(43-18(4)39)31(44-24)45-30-23(13-33)25(22(12-32)29(34)35-30)21-10-9-19-7-5-6-8-20(19)11-21/h5-11,24,26-28,31H,14H2,1-4H3,(H2,34,35)/t24-,26+,27+,28-,31+/m1/s1. The third kappa shape index (κ3) is 7.49. The Morgan fingerprint density at radius 3 is 2.04 bits per heavy atom. The van der Waals surface area contributed by atoms with Gasteiger partial charge in [0.25, 0.3) is 0 Å². The molecule has 2 N–H and O–H groups in total. The highest BCUT2D eigenvalue weighted by Gasteiger charge is 2.52.